The van der Waals surface area contributed by atoms with Crippen molar-refractivity contribution in [2.75, 3.05) is 12.3 Å². The lowest BCUT2D eigenvalue weighted by atomic mass is 9.83. The Morgan fingerprint density at radius 3 is 3.06 bits per heavy atom. The molecule has 4 heteroatoms. The van der Waals surface area contributed by atoms with Gasteiger partial charge in [-0.05, 0) is 46.7 Å². The molecule has 1 aromatic rings. The minimum atomic E-state index is 0.562. The fraction of sp³-hybridized carbons (Fsp3) is 0.615. The van der Waals surface area contributed by atoms with Gasteiger partial charge in [-0.1, -0.05) is 19.8 Å². The van der Waals surface area contributed by atoms with Crippen LogP contribution in [0, 0.1) is 11.8 Å². The molecule has 2 N–H and O–H groups in total. The van der Waals surface area contributed by atoms with Crippen LogP contribution in [0.15, 0.2) is 16.7 Å². The predicted molar refractivity (Wildman–Crippen MR) is 73.0 cm³/mol. The Morgan fingerprint density at radius 2 is 2.35 bits per heavy atom. The van der Waals surface area contributed by atoms with E-state index in [-0.39, 0.29) is 0 Å². The first kappa shape index (κ1) is 12.7. The summed E-state index contributed by atoms with van der Waals surface area (Å²) in [5, 5.41) is 0. The van der Waals surface area contributed by atoms with Crippen LogP contribution in [0.5, 0.6) is 5.88 Å². The lowest BCUT2D eigenvalue weighted by Gasteiger charge is -2.26. The van der Waals surface area contributed by atoms with Crippen LogP contribution in [0.2, 0.25) is 0 Å². The molecule has 1 aliphatic rings. The average Bonchev–Trinajstić information content (AvgIpc) is 2.28. The Labute approximate surface area is 111 Å². The van der Waals surface area contributed by atoms with Gasteiger partial charge in [0.05, 0.1) is 12.3 Å². The third-order valence-corrected chi connectivity index (χ3v) is 3.78. The summed E-state index contributed by atoms with van der Waals surface area (Å²) in [5.74, 6) is 2.04. The predicted octanol–water partition coefficient (Wildman–Crippen LogP) is 3.63. The number of hydrogen-bond acceptors (Lipinski definition) is 3. The van der Waals surface area contributed by atoms with E-state index in [1.165, 1.54) is 25.7 Å². The van der Waals surface area contributed by atoms with Gasteiger partial charge in [0.2, 0.25) is 5.88 Å². The SMILES string of the molecule is CC1CCCC(COc2ncc(Br)cc2N)C1. The summed E-state index contributed by atoms with van der Waals surface area (Å²) in [5.41, 5.74) is 6.45. The van der Waals surface area contributed by atoms with Crippen LogP contribution in [0.1, 0.15) is 32.6 Å². The van der Waals surface area contributed by atoms with E-state index in [4.69, 9.17) is 10.5 Å². The fourth-order valence-electron chi connectivity index (χ4n) is 2.47. The first-order valence-corrected chi connectivity index (χ1v) is 6.98. The molecule has 0 saturated heterocycles. The van der Waals surface area contributed by atoms with E-state index in [2.05, 4.69) is 27.8 Å². The van der Waals surface area contributed by atoms with Crippen molar-refractivity contribution in [1.82, 2.24) is 4.98 Å². The molecule has 1 aliphatic carbocycles. The molecule has 2 rings (SSSR count). The maximum Gasteiger partial charge on any atom is 0.237 e. The fourth-order valence-corrected chi connectivity index (χ4v) is 2.82. The number of pyridine rings is 1. The Kier molecular flexibility index (Phi) is 4.26. The lowest BCUT2D eigenvalue weighted by molar-refractivity contribution is 0.178. The highest BCUT2D eigenvalue weighted by Gasteiger charge is 2.19. The van der Waals surface area contributed by atoms with Gasteiger partial charge in [-0.2, -0.15) is 0 Å². The van der Waals surface area contributed by atoms with E-state index < -0.39 is 0 Å². The highest BCUT2D eigenvalue weighted by molar-refractivity contribution is 9.10. The Balaban J connectivity index is 1.88. The third kappa shape index (κ3) is 3.60. The molecular weight excluding hydrogens is 280 g/mol. The van der Waals surface area contributed by atoms with Crippen LogP contribution >= 0.6 is 15.9 Å². The molecule has 0 radical (unpaired) electrons. The molecular formula is C13H19BrN2O. The molecule has 1 saturated carbocycles. The number of nitrogens with two attached hydrogens (primary N) is 1. The minimum Gasteiger partial charge on any atom is -0.476 e. The van der Waals surface area contributed by atoms with Crippen molar-refractivity contribution in [3.63, 3.8) is 0 Å². The zero-order valence-corrected chi connectivity index (χ0v) is 11.7. The number of ether oxygens (including phenoxy) is 1. The number of rotatable bonds is 3. The van der Waals surface area contributed by atoms with Gasteiger partial charge in [0.1, 0.15) is 0 Å². The molecule has 94 valence electrons. The standard InChI is InChI=1S/C13H19BrN2O/c1-9-3-2-4-10(5-9)8-17-13-12(15)6-11(14)7-16-13/h6-7,9-10H,2-5,8,15H2,1H3. The first-order chi connectivity index (χ1) is 8.15. The van der Waals surface area contributed by atoms with Gasteiger partial charge in [-0.3, -0.25) is 0 Å². The number of hydrogen-bond donors (Lipinski definition) is 1. The van der Waals surface area contributed by atoms with Gasteiger partial charge in [0.15, 0.2) is 0 Å². The number of nitrogen functional groups attached to an aromatic ring is 1. The summed E-state index contributed by atoms with van der Waals surface area (Å²) in [7, 11) is 0. The van der Waals surface area contributed by atoms with Crippen molar-refractivity contribution in [3.8, 4) is 5.88 Å². The van der Waals surface area contributed by atoms with Crippen molar-refractivity contribution in [3.05, 3.63) is 16.7 Å². The Bertz CT molecular complexity index is 384. The van der Waals surface area contributed by atoms with E-state index in [0.717, 1.165) is 17.0 Å². The van der Waals surface area contributed by atoms with Gasteiger partial charge in [-0.15, -0.1) is 0 Å². The minimum absolute atomic E-state index is 0.562. The normalized spacial score (nSPS) is 24.6. The lowest BCUT2D eigenvalue weighted by Crippen LogP contribution is -2.20. The number of nitrogens with zero attached hydrogens (tertiary/aromatic N) is 1. The quantitative estimate of drug-likeness (QED) is 0.927. The van der Waals surface area contributed by atoms with Crippen LogP contribution in [-0.4, -0.2) is 11.6 Å². The summed E-state index contributed by atoms with van der Waals surface area (Å²) in [6.07, 6.45) is 6.92. The molecule has 1 heterocycles. The highest BCUT2D eigenvalue weighted by Crippen LogP contribution is 2.30. The summed E-state index contributed by atoms with van der Waals surface area (Å²) < 4.78 is 6.61. The van der Waals surface area contributed by atoms with Gasteiger partial charge in [0, 0.05) is 10.7 Å². The maximum atomic E-state index is 5.85. The van der Waals surface area contributed by atoms with Crippen molar-refractivity contribution >= 4 is 21.6 Å². The average molecular weight is 299 g/mol. The zero-order valence-electron chi connectivity index (χ0n) is 10.2. The molecule has 0 spiro atoms. The largest absolute Gasteiger partial charge is 0.476 e. The summed E-state index contributed by atoms with van der Waals surface area (Å²) >= 11 is 3.33. The smallest absolute Gasteiger partial charge is 0.237 e. The Hall–Kier alpha value is -0.770. The van der Waals surface area contributed by atoms with Gasteiger partial charge >= 0.3 is 0 Å². The molecule has 0 aromatic carbocycles. The van der Waals surface area contributed by atoms with Crippen LogP contribution in [0.3, 0.4) is 0 Å². The van der Waals surface area contributed by atoms with Gasteiger partial charge in [0.25, 0.3) is 0 Å². The summed E-state index contributed by atoms with van der Waals surface area (Å²) in [6, 6.07) is 1.83. The van der Waals surface area contributed by atoms with Crippen LogP contribution in [0.4, 0.5) is 5.69 Å². The highest BCUT2D eigenvalue weighted by atomic mass is 79.9. The molecule has 0 bridgehead atoms. The van der Waals surface area contributed by atoms with Crippen molar-refractivity contribution < 1.29 is 4.74 Å². The second-order valence-electron chi connectivity index (χ2n) is 5.00. The number of aromatic nitrogens is 1. The molecule has 1 fully saturated rings. The maximum absolute atomic E-state index is 5.85. The molecule has 17 heavy (non-hydrogen) atoms. The van der Waals surface area contributed by atoms with Crippen LogP contribution in [-0.2, 0) is 0 Å². The van der Waals surface area contributed by atoms with Crippen molar-refractivity contribution in [1.29, 1.82) is 0 Å². The van der Waals surface area contributed by atoms with Crippen molar-refractivity contribution in [2.24, 2.45) is 11.8 Å². The van der Waals surface area contributed by atoms with E-state index in [9.17, 15) is 0 Å². The second-order valence-corrected chi connectivity index (χ2v) is 5.91. The third-order valence-electron chi connectivity index (χ3n) is 3.35. The zero-order chi connectivity index (χ0) is 12.3. The van der Waals surface area contributed by atoms with Gasteiger partial charge in [-0.25, -0.2) is 4.98 Å². The van der Waals surface area contributed by atoms with Crippen LogP contribution < -0.4 is 10.5 Å². The topological polar surface area (TPSA) is 48.1 Å². The second kappa shape index (κ2) is 5.71. The molecule has 3 nitrogen and oxygen atoms in total. The summed E-state index contributed by atoms with van der Waals surface area (Å²) in [6.45, 7) is 3.06. The number of anilines is 1. The van der Waals surface area contributed by atoms with Crippen LogP contribution in [0.25, 0.3) is 0 Å². The van der Waals surface area contributed by atoms with E-state index in [1.807, 2.05) is 6.07 Å². The van der Waals surface area contributed by atoms with Crippen molar-refractivity contribution in [2.45, 2.75) is 32.6 Å². The molecule has 1 aromatic heterocycles. The van der Waals surface area contributed by atoms with E-state index in [0.29, 0.717) is 17.5 Å². The first-order valence-electron chi connectivity index (χ1n) is 6.19. The van der Waals surface area contributed by atoms with E-state index in [1.54, 1.807) is 6.20 Å². The monoisotopic (exact) mass is 298 g/mol. The van der Waals surface area contributed by atoms with E-state index >= 15 is 0 Å². The molecule has 2 atom stereocenters. The summed E-state index contributed by atoms with van der Waals surface area (Å²) in [4.78, 5) is 4.19. The molecule has 2 unspecified atom stereocenters. The molecule has 0 amide bonds. The van der Waals surface area contributed by atoms with Gasteiger partial charge < -0.3 is 10.5 Å². The Morgan fingerprint density at radius 1 is 1.53 bits per heavy atom. The number of halogens is 1. The molecule has 0 aliphatic heterocycles.